The number of fused-ring (bicyclic) bond motifs is 1. The molecule has 1 aromatic carbocycles. The van der Waals surface area contributed by atoms with Crippen LogP contribution in [0.1, 0.15) is 13.8 Å². The van der Waals surface area contributed by atoms with Gasteiger partial charge in [-0.2, -0.15) is 0 Å². The number of anilines is 1. The number of methoxy groups -OCH3 is 1. The fourth-order valence-electron chi connectivity index (χ4n) is 3.33. The summed E-state index contributed by atoms with van der Waals surface area (Å²) in [6.07, 6.45) is 3.92. The Labute approximate surface area is 130 Å². The van der Waals surface area contributed by atoms with E-state index in [1.165, 1.54) is 12.1 Å². The summed E-state index contributed by atoms with van der Waals surface area (Å²) in [4.78, 5) is 16.5. The molecule has 0 spiro atoms. The molecular weight excluding hydrogens is 283 g/mol. The predicted octanol–water partition coefficient (Wildman–Crippen LogP) is 3.05. The van der Waals surface area contributed by atoms with Crippen molar-refractivity contribution < 1.29 is 13.9 Å². The third kappa shape index (κ3) is 2.39. The topological polar surface area (TPSA) is 32.8 Å². The molecule has 1 heterocycles. The van der Waals surface area contributed by atoms with E-state index >= 15 is 0 Å². The first kappa shape index (κ1) is 15.0. The number of hydrogen-bond acceptors (Lipinski definition) is 2. The zero-order chi connectivity index (χ0) is 15.9. The first-order valence-corrected chi connectivity index (χ1v) is 7.59. The van der Waals surface area contributed by atoms with E-state index in [0.717, 1.165) is 0 Å². The molecule has 0 aromatic heterocycles. The molecule has 2 aliphatic rings. The Morgan fingerprint density at radius 1 is 1.23 bits per heavy atom. The Morgan fingerprint density at radius 2 is 1.91 bits per heavy atom. The average molecular weight is 304 g/mol. The summed E-state index contributed by atoms with van der Waals surface area (Å²) in [5.41, 5.74) is 0.717. The average Bonchev–Trinajstić information content (AvgIpc) is 3.00. The number of amides is 2. The van der Waals surface area contributed by atoms with Crippen LogP contribution in [0, 0.1) is 11.7 Å². The van der Waals surface area contributed by atoms with Crippen LogP contribution in [0.4, 0.5) is 14.9 Å². The number of carbonyl (C=O) groups is 1. The van der Waals surface area contributed by atoms with Gasteiger partial charge < -0.3 is 9.64 Å². The minimum Gasteiger partial charge on any atom is -0.375 e. The SMILES string of the molecule is CO[C@H]1C=CC2C1N(CC(C)C)C(=O)N2c1ccc(F)cc1. The second-order valence-corrected chi connectivity index (χ2v) is 6.24. The summed E-state index contributed by atoms with van der Waals surface area (Å²) in [6.45, 7) is 4.86. The van der Waals surface area contributed by atoms with Crippen LogP contribution in [0.5, 0.6) is 0 Å². The third-order valence-electron chi connectivity index (χ3n) is 4.23. The minimum atomic E-state index is -0.303. The molecule has 0 radical (unpaired) electrons. The molecule has 0 N–H and O–H groups in total. The standard InChI is InChI=1S/C17H21FN2O2/c1-11(2)10-19-16-14(8-9-15(16)22-3)20(17(19)21)13-6-4-12(18)5-7-13/h4-9,11,14-16H,10H2,1-3H3/t14?,15-,16?/m0/s1. The molecule has 22 heavy (non-hydrogen) atoms. The molecule has 118 valence electrons. The van der Waals surface area contributed by atoms with Crippen molar-refractivity contribution in [3.63, 3.8) is 0 Å². The maximum atomic E-state index is 13.2. The summed E-state index contributed by atoms with van der Waals surface area (Å²) >= 11 is 0. The van der Waals surface area contributed by atoms with Crippen molar-refractivity contribution in [2.75, 3.05) is 18.6 Å². The van der Waals surface area contributed by atoms with Gasteiger partial charge in [0.05, 0.1) is 18.2 Å². The van der Waals surface area contributed by atoms with Gasteiger partial charge in [-0.05, 0) is 30.2 Å². The van der Waals surface area contributed by atoms with Gasteiger partial charge in [-0.15, -0.1) is 0 Å². The lowest BCUT2D eigenvalue weighted by Gasteiger charge is -2.28. The number of carbonyl (C=O) groups excluding carboxylic acids is 1. The van der Waals surface area contributed by atoms with Gasteiger partial charge in [-0.3, -0.25) is 4.90 Å². The highest BCUT2D eigenvalue weighted by Crippen LogP contribution is 2.36. The number of hydrogen-bond donors (Lipinski definition) is 0. The predicted molar refractivity (Wildman–Crippen MR) is 83.3 cm³/mol. The molecule has 1 fully saturated rings. The highest BCUT2D eigenvalue weighted by molar-refractivity contribution is 5.96. The summed E-state index contributed by atoms with van der Waals surface area (Å²) in [6, 6.07) is 5.94. The highest BCUT2D eigenvalue weighted by Gasteiger charge is 2.51. The largest absolute Gasteiger partial charge is 0.375 e. The Balaban J connectivity index is 1.96. The number of urea groups is 1. The van der Waals surface area contributed by atoms with E-state index in [1.54, 1.807) is 24.1 Å². The lowest BCUT2D eigenvalue weighted by Crippen LogP contribution is -2.44. The van der Waals surface area contributed by atoms with Crippen LogP contribution >= 0.6 is 0 Å². The van der Waals surface area contributed by atoms with Crippen LogP contribution in [0.25, 0.3) is 0 Å². The summed E-state index contributed by atoms with van der Waals surface area (Å²) < 4.78 is 18.7. The van der Waals surface area contributed by atoms with Crippen molar-refractivity contribution in [3.8, 4) is 0 Å². The van der Waals surface area contributed by atoms with E-state index in [4.69, 9.17) is 4.74 Å². The van der Waals surface area contributed by atoms with E-state index in [9.17, 15) is 9.18 Å². The molecule has 2 amide bonds. The lowest BCUT2D eigenvalue weighted by molar-refractivity contribution is 0.0738. The van der Waals surface area contributed by atoms with Crippen molar-refractivity contribution in [1.82, 2.24) is 4.90 Å². The second-order valence-electron chi connectivity index (χ2n) is 6.24. The van der Waals surface area contributed by atoms with Gasteiger partial charge in [0.15, 0.2) is 0 Å². The first-order chi connectivity index (χ1) is 10.5. The molecule has 3 atom stereocenters. The van der Waals surface area contributed by atoms with Crippen molar-refractivity contribution in [2.45, 2.75) is 32.0 Å². The van der Waals surface area contributed by atoms with Crippen LogP contribution in [0.3, 0.4) is 0 Å². The number of rotatable bonds is 4. The third-order valence-corrected chi connectivity index (χ3v) is 4.23. The quantitative estimate of drug-likeness (QED) is 0.801. The van der Waals surface area contributed by atoms with Crippen LogP contribution in [0.15, 0.2) is 36.4 Å². The fraction of sp³-hybridized carbons (Fsp3) is 0.471. The molecule has 1 aliphatic carbocycles. The van der Waals surface area contributed by atoms with Crippen LogP contribution < -0.4 is 4.90 Å². The molecular formula is C17H21FN2O2. The molecule has 0 bridgehead atoms. The zero-order valence-corrected chi connectivity index (χ0v) is 13.1. The van der Waals surface area contributed by atoms with Gasteiger partial charge in [0.2, 0.25) is 0 Å². The first-order valence-electron chi connectivity index (χ1n) is 7.59. The van der Waals surface area contributed by atoms with Gasteiger partial charge >= 0.3 is 6.03 Å². The number of benzene rings is 1. The molecule has 2 unspecified atom stereocenters. The molecule has 1 saturated heterocycles. The van der Waals surface area contributed by atoms with Gasteiger partial charge in [-0.1, -0.05) is 26.0 Å². The van der Waals surface area contributed by atoms with Crippen molar-refractivity contribution in [3.05, 3.63) is 42.2 Å². The van der Waals surface area contributed by atoms with E-state index in [-0.39, 0.29) is 30.0 Å². The monoisotopic (exact) mass is 304 g/mol. The van der Waals surface area contributed by atoms with E-state index in [0.29, 0.717) is 18.2 Å². The van der Waals surface area contributed by atoms with Gasteiger partial charge in [0.25, 0.3) is 0 Å². The lowest BCUT2D eigenvalue weighted by atomic mass is 10.1. The Bertz CT molecular complexity index is 585. The Kier molecular flexibility index (Phi) is 3.91. The number of halogens is 1. The number of nitrogens with zero attached hydrogens (tertiary/aromatic N) is 2. The smallest absolute Gasteiger partial charge is 0.325 e. The van der Waals surface area contributed by atoms with Crippen LogP contribution in [0.2, 0.25) is 0 Å². The maximum Gasteiger partial charge on any atom is 0.325 e. The normalized spacial score (nSPS) is 27.1. The molecule has 1 aliphatic heterocycles. The van der Waals surface area contributed by atoms with Crippen LogP contribution in [-0.2, 0) is 4.74 Å². The van der Waals surface area contributed by atoms with Crippen molar-refractivity contribution in [1.29, 1.82) is 0 Å². The minimum absolute atomic E-state index is 0.0232. The molecule has 1 aromatic rings. The summed E-state index contributed by atoms with van der Waals surface area (Å²) in [5.74, 6) is 0.0681. The highest BCUT2D eigenvalue weighted by atomic mass is 19.1. The van der Waals surface area contributed by atoms with Gasteiger partial charge in [0.1, 0.15) is 5.82 Å². The Hall–Kier alpha value is -1.88. The number of ether oxygens (including phenoxy) is 1. The van der Waals surface area contributed by atoms with E-state index in [1.807, 2.05) is 17.1 Å². The van der Waals surface area contributed by atoms with Crippen molar-refractivity contribution >= 4 is 11.7 Å². The van der Waals surface area contributed by atoms with Gasteiger partial charge in [-0.25, -0.2) is 9.18 Å². The van der Waals surface area contributed by atoms with E-state index in [2.05, 4.69) is 13.8 Å². The molecule has 0 saturated carbocycles. The van der Waals surface area contributed by atoms with Crippen LogP contribution in [-0.4, -0.2) is 42.8 Å². The van der Waals surface area contributed by atoms with E-state index < -0.39 is 0 Å². The second kappa shape index (κ2) is 5.72. The summed E-state index contributed by atoms with van der Waals surface area (Å²) in [7, 11) is 1.66. The zero-order valence-electron chi connectivity index (χ0n) is 13.1. The van der Waals surface area contributed by atoms with Gasteiger partial charge in [0, 0.05) is 19.3 Å². The summed E-state index contributed by atoms with van der Waals surface area (Å²) in [5, 5.41) is 0. The molecule has 4 nitrogen and oxygen atoms in total. The van der Waals surface area contributed by atoms with Crippen molar-refractivity contribution in [2.24, 2.45) is 5.92 Å². The molecule has 5 heteroatoms. The Morgan fingerprint density at radius 3 is 2.50 bits per heavy atom. The fourth-order valence-corrected chi connectivity index (χ4v) is 3.33. The molecule has 3 rings (SSSR count). The maximum absolute atomic E-state index is 13.2.